The fourth-order valence-corrected chi connectivity index (χ4v) is 5.66. The minimum Gasteiger partial charge on any atom is -0.477 e. The van der Waals surface area contributed by atoms with E-state index in [0.717, 1.165) is 32.9 Å². The standard InChI is InChI=1S/C20H21N2O4PS/c1-12-4-9-17(13(2)10-12)27(25,26-3)22-16-11-18(28-19(16)20(23)24)14-5-7-15(21)8-6-14/h4-11H,21H2,1-3H3,(H,22,25)(H,23,24). The van der Waals surface area contributed by atoms with Gasteiger partial charge in [0, 0.05) is 17.7 Å². The topological polar surface area (TPSA) is 102 Å². The largest absolute Gasteiger partial charge is 0.477 e. The number of carboxylic acids is 1. The van der Waals surface area contributed by atoms with E-state index in [9.17, 15) is 14.5 Å². The molecule has 0 saturated heterocycles. The van der Waals surface area contributed by atoms with Crippen molar-refractivity contribution >= 4 is 41.5 Å². The molecule has 0 aliphatic heterocycles. The van der Waals surface area contributed by atoms with Crippen LogP contribution in [0.1, 0.15) is 20.8 Å². The number of aromatic carboxylic acids is 1. The molecule has 0 radical (unpaired) electrons. The second kappa shape index (κ2) is 7.80. The molecule has 0 aliphatic carbocycles. The quantitative estimate of drug-likeness (QED) is 0.391. The van der Waals surface area contributed by atoms with E-state index < -0.39 is 13.5 Å². The molecular weight excluding hydrogens is 395 g/mol. The van der Waals surface area contributed by atoms with Gasteiger partial charge in [0.25, 0.3) is 0 Å². The van der Waals surface area contributed by atoms with Gasteiger partial charge < -0.3 is 20.5 Å². The van der Waals surface area contributed by atoms with Crippen molar-refractivity contribution < 1.29 is 19.0 Å². The van der Waals surface area contributed by atoms with Crippen molar-refractivity contribution in [2.45, 2.75) is 13.8 Å². The first-order valence-corrected chi connectivity index (χ1v) is 10.9. The predicted molar refractivity (Wildman–Crippen MR) is 115 cm³/mol. The van der Waals surface area contributed by atoms with E-state index in [1.165, 1.54) is 7.11 Å². The Morgan fingerprint density at radius 3 is 2.39 bits per heavy atom. The fourth-order valence-electron chi connectivity index (χ4n) is 2.92. The molecule has 8 heteroatoms. The summed E-state index contributed by atoms with van der Waals surface area (Å²) in [5, 5.41) is 13.0. The Morgan fingerprint density at radius 1 is 1.14 bits per heavy atom. The lowest BCUT2D eigenvalue weighted by molar-refractivity contribution is 0.0703. The van der Waals surface area contributed by atoms with Gasteiger partial charge >= 0.3 is 13.5 Å². The van der Waals surface area contributed by atoms with Crippen molar-refractivity contribution in [1.29, 1.82) is 0 Å². The SMILES string of the molecule is COP(=O)(Nc1cc(-c2ccc(N)cc2)sc1C(=O)O)c1ccc(C)cc1C. The first-order chi connectivity index (χ1) is 13.2. The maximum absolute atomic E-state index is 13.5. The lowest BCUT2D eigenvalue weighted by atomic mass is 10.2. The lowest BCUT2D eigenvalue weighted by Crippen LogP contribution is -2.17. The Balaban J connectivity index is 2.05. The molecule has 1 aromatic heterocycles. The van der Waals surface area contributed by atoms with Crippen molar-refractivity contribution in [3.8, 4) is 10.4 Å². The van der Waals surface area contributed by atoms with E-state index in [1.807, 2.05) is 38.1 Å². The molecule has 6 nitrogen and oxygen atoms in total. The highest BCUT2D eigenvalue weighted by Crippen LogP contribution is 2.48. The zero-order valence-electron chi connectivity index (χ0n) is 15.7. The maximum atomic E-state index is 13.5. The molecule has 0 aliphatic rings. The van der Waals surface area contributed by atoms with Crippen molar-refractivity contribution in [3.05, 3.63) is 64.5 Å². The van der Waals surface area contributed by atoms with Gasteiger partial charge in [-0.2, -0.15) is 0 Å². The van der Waals surface area contributed by atoms with Gasteiger partial charge in [0.15, 0.2) is 0 Å². The number of carboxylic acid groups (broad SMARTS) is 1. The van der Waals surface area contributed by atoms with Crippen LogP contribution in [0.5, 0.6) is 0 Å². The summed E-state index contributed by atoms with van der Waals surface area (Å²) in [4.78, 5) is 12.6. The van der Waals surface area contributed by atoms with E-state index in [0.29, 0.717) is 11.0 Å². The molecule has 3 aromatic rings. The molecule has 146 valence electrons. The number of benzene rings is 2. The number of thiophene rings is 1. The summed E-state index contributed by atoms with van der Waals surface area (Å²) in [6.45, 7) is 3.80. The van der Waals surface area contributed by atoms with Gasteiger partial charge in [-0.3, -0.25) is 4.57 Å². The molecule has 28 heavy (non-hydrogen) atoms. The summed E-state index contributed by atoms with van der Waals surface area (Å²) >= 11 is 1.10. The van der Waals surface area contributed by atoms with Gasteiger partial charge in [0.1, 0.15) is 4.88 Å². The van der Waals surface area contributed by atoms with Gasteiger partial charge in [0.2, 0.25) is 0 Å². The number of nitrogens with one attached hydrogen (secondary N) is 1. The summed E-state index contributed by atoms with van der Waals surface area (Å²) in [6, 6.07) is 14.3. The zero-order chi connectivity index (χ0) is 20.5. The summed E-state index contributed by atoms with van der Waals surface area (Å²) in [5.74, 6) is -1.10. The molecule has 2 aromatic carbocycles. The number of nitrogens with two attached hydrogens (primary N) is 1. The van der Waals surface area contributed by atoms with Gasteiger partial charge in [-0.15, -0.1) is 11.3 Å². The van der Waals surface area contributed by atoms with Gasteiger partial charge in [0.05, 0.1) is 11.0 Å². The molecule has 0 amide bonds. The Labute approximate surface area is 167 Å². The van der Waals surface area contributed by atoms with Crippen LogP contribution >= 0.6 is 18.9 Å². The number of nitrogen functional groups attached to an aromatic ring is 1. The molecule has 1 atom stereocenters. The van der Waals surface area contributed by atoms with E-state index in [-0.39, 0.29) is 10.6 Å². The Bertz CT molecular complexity index is 1080. The average Bonchev–Trinajstić information content (AvgIpc) is 3.06. The molecular formula is C20H21N2O4PS. The number of hydrogen-bond donors (Lipinski definition) is 3. The predicted octanol–water partition coefficient (Wildman–Crippen LogP) is 4.89. The fraction of sp³-hybridized carbons (Fsp3) is 0.150. The molecule has 1 heterocycles. The van der Waals surface area contributed by atoms with Crippen LogP contribution in [-0.4, -0.2) is 18.2 Å². The van der Waals surface area contributed by atoms with Crippen molar-refractivity contribution in [2.75, 3.05) is 17.9 Å². The Hall–Kier alpha value is -2.60. The van der Waals surface area contributed by atoms with Gasteiger partial charge in [-0.1, -0.05) is 29.8 Å². The monoisotopic (exact) mass is 416 g/mol. The maximum Gasteiger partial charge on any atom is 0.348 e. The molecule has 0 bridgehead atoms. The second-order valence-electron chi connectivity index (χ2n) is 6.42. The van der Waals surface area contributed by atoms with Crippen LogP contribution in [0.3, 0.4) is 0 Å². The molecule has 0 fully saturated rings. The highest BCUT2D eigenvalue weighted by atomic mass is 32.1. The van der Waals surface area contributed by atoms with E-state index in [4.69, 9.17) is 10.3 Å². The van der Waals surface area contributed by atoms with E-state index in [2.05, 4.69) is 5.09 Å². The van der Waals surface area contributed by atoms with Crippen LogP contribution in [0.25, 0.3) is 10.4 Å². The highest BCUT2D eigenvalue weighted by molar-refractivity contribution is 7.68. The zero-order valence-corrected chi connectivity index (χ0v) is 17.4. The summed E-state index contributed by atoms with van der Waals surface area (Å²) < 4.78 is 18.9. The third-order valence-corrected chi connectivity index (χ3v) is 7.67. The summed E-state index contributed by atoms with van der Waals surface area (Å²) in [5.41, 5.74) is 9.28. The summed E-state index contributed by atoms with van der Waals surface area (Å²) in [7, 11) is -2.16. The molecule has 0 spiro atoms. The van der Waals surface area contributed by atoms with Gasteiger partial charge in [-0.05, 0) is 49.2 Å². The molecule has 0 saturated carbocycles. The molecule has 1 unspecified atom stereocenters. The van der Waals surface area contributed by atoms with E-state index >= 15 is 0 Å². The minimum absolute atomic E-state index is 0.0638. The lowest BCUT2D eigenvalue weighted by Gasteiger charge is -2.20. The van der Waals surface area contributed by atoms with Crippen molar-refractivity contribution in [3.63, 3.8) is 0 Å². The number of hydrogen-bond acceptors (Lipinski definition) is 5. The Morgan fingerprint density at radius 2 is 1.82 bits per heavy atom. The van der Waals surface area contributed by atoms with Crippen LogP contribution in [0.15, 0.2) is 48.5 Å². The normalized spacial score (nSPS) is 13.1. The number of rotatable bonds is 6. The molecule has 3 rings (SSSR count). The number of aryl methyl sites for hydroxylation is 2. The number of carbonyl (C=O) groups is 1. The smallest absolute Gasteiger partial charge is 0.348 e. The van der Waals surface area contributed by atoms with Crippen LogP contribution in [-0.2, 0) is 9.09 Å². The van der Waals surface area contributed by atoms with Crippen LogP contribution in [0.2, 0.25) is 0 Å². The molecule has 4 N–H and O–H groups in total. The van der Waals surface area contributed by atoms with Crippen LogP contribution < -0.4 is 16.1 Å². The summed E-state index contributed by atoms with van der Waals surface area (Å²) in [6.07, 6.45) is 0. The number of anilines is 2. The van der Waals surface area contributed by atoms with Gasteiger partial charge in [-0.25, -0.2) is 4.79 Å². The minimum atomic E-state index is -3.51. The Kier molecular flexibility index (Phi) is 5.61. The first kappa shape index (κ1) is 20.1. The third-order valence-electron chi connectivity index (χ3n) is 4.32. The first-order valence-electron chi connectivity index (χ1n) is 8.48. The van der Waals surface area contributed by atoms with E-state index in [1.54, 1.807) is 24.3 Å². The second-order valence-corrected chi connectivity index (χ2v) is 9.64. The van der Waals surface area contributed by atoms with Crippen LogP contribution in [0, 0.1) is 13.8 Å². The van der Waals surface area contributed by atoms with Crippen molar-refractivity contribution in [2.24, 2.45) is 0 Å². The van der Waals surface area contributed by atoms with Crippen LogP contribution in [0.4, 0.5) is 11.4 Å². The third kappa shape index (κ3) is 3.97. The van der Waals surface area contributed by atoms with Crippen molar-refractivity contribution in [1.82, 2.24) is 0 Å². The highest BCUT2D eigenvalue weighted by Gasteiger charge is 2.29. The average molecular weight is 416 g/mol.